The third-order valence-electron chi connectivity index (χ3n) is 3.01. The Bertz CT molecular complexity index is 698. The molecule has 6 nitrogen and oxygen atoms in total. The van der Waals surface area contributed by atoms with E-state index in [-0.39, 0.29) is 23.8 Å². The van der Waals surface area contributed by atoms with E-state index in [9.17, 15) is 9.59 Å². The maximum atomic E-state index is 12.0. The summed E-state index contributed by atoms with van der Waals surface area (Å²) in [6, 6.07) is 5.86. The van der Waals surface area contributed by atoms with Crippen LogP contribution in [0.4, 0.5) is 5.82 Å². The fourth-order valence-electron chi connectivity index (χ4n) is 1.93. The van der Waals surface area contributed by atoms with Crippen LogP contribution in [0.25, 0.3) is 0 Å². The lowest BCUT2D eigenvalue weighted by atomic mass is 10.0. The van der Waals surface area contributed by atoms with Gasteiger partial charge in [0.2, 0.25) is 5.91 Å². The maximum Gasteiger partial charge on any atom is 0.358 e. The molecule has 6 heteroatoms. The van der Waals surface area contributed by atoms with Gasteiger partial charge in [-0.3, -0.25) is 4.79 Å². The smallest absolute Gasteiger partial charge is 0.358 e. The Morgan fingerprint density at radius 1 is 1.19 bits per heavy atom. The Morgan fingerprint density at radius 3 is 2.62 bits per heavy atom. The first kappa shape index (κ1) is 14.6. The van der Waals surface area contributed by atoms with E-state index in [0.717, 1.165) is 16.7 Å². The van der Waals surface area contributed by atoms with Crippen LogP contribution >= 0.6 is 0 Å². The number of hydrogen-bond donors (Lipinski definition) is 2. The summed E-state index contributed by atoms with van der Waals surface area (Å²) in [4.78, 5) is 30.6. The SMILES string of the molecule is Cc1ccc(C)c(CC(=O)Nc2nccnc2C(=O)O)c1. The van der Waals surface area contributed by atoms with Crippen molar-refractivity contribution in [3.05, 3.63) is 53.0 Å². The van der Waals surface area contributed by atoms with Crippen molar-refractivity contribution in [2.45, 2.75) is 20.3 Å². The van der Waals surface area contributed by atoms with Crippen molar-refractivity contribution >= 4 is 17.7 Å². The van der Waals surface area contributed by atoms with Gasteiger partial charge in [0.25, 0.3) is 0 Å². The number of nitrogens with one attached hydrogen (secondary N) is 1. The van der Waals surface area contributed by atoms with E-state index in [1.54, 1.807) is 0 Å². The minimum atomic E-state index is -1.23. The molecule has 1 heterocycles. The molecule has 0 spiro atoms. The summed E-state index contributed by atoms with van der Waals surface area (Å²) >= 11 is 0. The molecule has 1 amide bonds. The van der Waals surface area contributed by atoms with Crippen LogP contribution in [0.15, 0.2) is 30.6 Å². The van der Waals surface area contributed by atoms with Crippen molar-refractivity contribution in [1.82, 2.24) is 9.97 Å². The van der Waals surface area contributed by atoms with E-state index >= 15 is 0 Å². The highest BCUT2D eigenvalue weighted by molar-refractivity contribution is 5.98. The Kier molecular flexibility index (Phi) is 4.27. The summed E-state index contributed by atoms with van der Waals surface area (Å²) in [5.74, 6) is -1.60. The second-order valence-electron chi connectivity index (χ2n) is 4.71. The summed E-state index contributed by atoms with van der Waals surface area (Å²) in [6.45, 7) is 3.87. The third kappa shape index (κ3) is 3.62. The molecule has 2 aromatic rings. The fraction of sp³-hybridized carbons (Fsp3) is 0.200. The number of carboxylic acid groups (broad SMARTS) is 1. The van der Waals surface area contributed by atoms with Crippen LogP contribution in [0.1, 0.15) is 27.2 Å². The summed E-state index contributed by atoms with van der Waals surface area (Å²) in [7, 11) is 0. The monoisotopic (exact) mass is 285 g/mol. The van der Waals surface area contributed by atoms with Gasteiger partial charge in [0.05, 0.1) is 6.42 Å². The predicted octanol–water partition coefficient (Wildman–Crippen LogP) is 1.97. The molecule has 0 aliphatic heterocycles. The topological polar surface area (TPSA) is 92.2 Å². The average molecular weight is 285 g/mol. The van der Waals surface area contributed by atoms with Gasteiger partial charge in [-0.1, -0.05) is 23.8 Å². The first-order valence-corrected chi connectivity index (χ1v) is 6.37. The molecule has 21 heavy (non-hydrogen) atoms. The number of aromatic carboxylic acids is 1. The van der Waals surface area contributed by atoms with Gasteiger partial charge in [-0.2, -0.15) is 0 Å². The van der Waals surface area contributed by atoms with Crippen molar-refractivity contribution in [2.24, 2.45) is 0 Å². The molecule has 2 N–H and O–H groups in total. The van der Waals surface area contributed by atoms with Crippen LogP contribution < -0.4 is 5.32 Å². The van der Waals surface area contributed by atoms with Crippen molar-refractivity contribution in [3.63, 3.8) is 0 Å². The Hall–Kier alpha value is -2.76. The second kappa shape index (κ2) is 6.13. The van der Waals surface area contributed by atoms with Gasteiger partial charge < -0.3 is 10.4 Å². The molecule has 0 aliphatic carbocycles. The molecule has 0 atom stereocenters. The number of benzene rings is 1. The van der Waals surface area contributed by atoms with Gasteiger partial charge in [0.1, 0.15) is 0 Å². The highest BCUT2D eigenvalue weighted by atomic mass is 16.4. The standard InChI is InChI=1S/C15H15N3O3/c1-9-3-4-10(2)11(7-9)8-12(19)18-14-13(15(20)21)16-5-6-17-14/h3-7H,8H2,1-2H3,(H,20,21)(H,17,18,19). The minimum absolute atomic E-state index is 0.0414. The van der Waals surface area contributed by atoms with Gasteiger partial charge in [-0.05, 0) is 25.0 Å². The number of hydrogen-bond acceptors (Lipinski definition) is 4. The quantitative estimate of drug-likeness (QED) is 0.896. The number of nitrogens with zero attached hydrogens (tertiary/aromatic N) is 2. The number of amides is 1. The molecule has 1 aromatic heterocycles. The van der Waals surface area contributed by atoms with Gasteiger partial charge >= 0.3 is 5.97 Å². The number of carbonyl (C=O) groups excluding carboxylic acids is 1. The maximum absolute atomic E-state index is 12.0. The first-order chi connectivity index (χ1) is 9.97. The minimum Gasteiger partial charge on any atom is -0.476 e. The summed E-state index contributed by atoms with van der Waals surface area (Å²) in [5.41, 5.74) is 2.70. The second-order valence-corrected chi connectivity index (χ2v) is 4.71. The third-order valence-corrected chi connectivity index (χ3v) is 3.01. The highest BCUT2D eigenvalue weighted by Gasteiger charge is 2.15. The molecule has 0 radical (unpaired) electrons. The zero-order chi connectivity index (χ0) is 15.4. The van der Waals surface area contributed by atoms with Crippen molar-refractivity contribution in [3.8, 4) is 0 Å². The van der Waals surface area contributed by atoms with Crippen molar-refractivity contribution in [2.75, 3.05) is 5.32 Å². The highest BCUT2D eigenvalue weighted by Crippen LogP contribution is 2.13. The van der Waals surface area contributed by atoms with E-state index in [1.807, 2.05) is 32.0 Å². The van der Waals surface area contributed by atoms with E-state index in [2.05, 4.69) is 15.3 Å². The molecule has 0 bridgehead atoms. The summed E-state index contributed by atoms with van der Waals surface area (Å²) < 4.78 is 0. The van der Waals surface area contributed by atoms with Gasteiger partial charge in [-0.25, -0.2) is 14.8 Å². The largest absolute Gasteiger partial charge is 0.476 e. The number of anilines is 1. The van der Waals surface area contributed by atoms with Gasteiger partial charge in [0, 0.05) is 12.4 Å². The van der Waals surface area contributed by atoms with Crippen LogP contribution in [0.2, 0.25) is 0 Å². The number of aromatic nitrogens is 2. The number of carboxylic acids is 1. The van der Waals surface area contributed by atoms with Crippen molar-refractivity contribution < 1.29 is 14.7 Å². The van der Waals surface area contributed by atoms with Crippen LogP contribution in [0, 0.1) is 13.8 Å². The predicted molar refractivity (Wildman–Crippen MR) is 77.2 cm³/mol. The number of aryl methyl sites for hydroxylation is 2. The zero-order valence-electron chi connectivity index (χ0n) is 11.8. The van der Waals surface area contributed by atoms with E-state index in [4.69, 9.17) is 5.11 Å². The molecule has 0 fully saturated rings. The lowest BCUT2D eigenvalue weighted by Crippen LogP contribution is -2.19. The van der Waals surface area contributed by atoms with E-state index < -0.39 is 5.97 Å². The normalized spacial score (nSPS) is 10.2. The molecule has 1 aromatic carbocycles. The van der Waals surface area contributed by atoms with E-state index in [0.29, 0.717) is 0 Å². The summed E-state index contributed by atoms with van der Waals surface area (Å²) in [6.07, 6.45) is 2.76. The van der Waals surface area contributed by atoms with Crippen LogP contribution in [-0.2, 0) is 11.2 Å². The van der Waals surface area contributed by atoms with E-state index in [1.165, 1.54) is 12.4 Å². The zero-order valence-corrected chi connectivity index (χ0v) is 11.8. The molecular weight excluding hydrogens is 270 g/mol. The number of carbonyl (C=O) groups is 2. The molecule has 108 valence electrons. The number of rotatable bonds is 4. The summed E-state index contributed by atoms with van der Waals surface area (Å²) in [5, 5.41) is 11.5. The Balaban J connectivity index is 2.16. The van der Waals surface area contributed by atoms with Gasteiger partial charge in [-0.15, -0.1) is 0 Å². The first-order valence-electron chi connectivity index (χ1n) is 6.37. The molecule has 2 rings (SSSR count). The fourth-order valence-corrected chi connectivity index (χ4v) is 1.93. The molecule has 0 saturated heterocycles. The van der Waals surface area contributed by atoms with Crippen molar-refractivity contribution in [1.29, 1.82) is 0 Å². The van der Waals surface area contributed by atoms with Gasteiger partial charge in [0.15, 0.2) is 11.5 Å². The lowest BCUT2D eigenvalue weighted by molar-refractivity contribution is -0.115. The Labute approximate surface area is 121 Å². The van der Waals surface area contributed by atoms with Crippen LogP contribution in [-0.4, -0.2) is 27.0 Å². The van der Waals surface area contributed by atoms with Crippen LogP contribution in [0.5, 0.6) is 0 Å². The molecule has 0 unspecified atom stereocenters. The Morgan fingerprint density at radius 2 is 1.90 bits per heavy atom. The molecule has 0 saturated carbocycles. The lowest BCUT2D eigenvalue weighted by Gasteiger charge is -2.09. The van der Waals surface area contributed by atoms with Crippen LogP contribution in [0.3, 0.4) is 0 Å². The molecular formula is C15H15N3O3. The average Bonchev–Trinajstić information content (AvgIpc) is 2.43. The molecule has 0 aliphatic rings.